The van der Waals surface area contributed by atoms with Gasteiger partial charge in [-0.05, 0) is 66.1 Å². The Morgan fingerprint density at radius 3 is 2.40 bits per heavy atom. The molecule has 5 aromatic rings. The first kappa shape index (κ1) is 32.6. The van der Waals surface area contributed by atoms with Crippen molar-refractivity contribution in [2.75, 3.05) is 23.8 Å². The van der Waals surface area contributed by atoms with Crippen molar-refractivity contribution >= 4 is 55.4 Å². The van der Waals surface area contributed by atoms with Crippen LogP contribution < -0.4 is 19.1 Å². The van der Waals surface area contributed by atoms with Gasteiger partial charge < -0.3 is 14.8 Å². The van der Waals surface area contributed by atoms with E-state index in [1.54, 1.807) is 67.2 Å². The van der Waals surface area contributed by atoms with Crippen LogP contribution in [0.15, 0.2) is 95.3 Å². The molecule has 0 radical (unpaired) electrons. The summed E-state index contributed by atoms with van der Waals surface area (Å²) < 4.78 is 56.3. The molecule has 0 bridgehead atoms. The molecule has 0 unspecified atom stereocenters. The minimum absolute atomic E-state index is 0.00839. The minimum atomic E-state index is -4.18. The van der Waals surface area contributed by atoms with Gasteiger partial charge in [0.2, 0.25) is 0 Å². The van der Waals surface area contributed by atoms with Crippen molar-refractivity contribution in [2.45, 2.75) is 30.8 Å². The van der Waals surface area contributed by atoms with Crippen molar-refractivity contribution in [2.24, 2.45) is 0 Å². The summed E-state index contributed by atoms with van der Waals surface area (Å²) in [6.45, 7) is 1.88. The number of ether oxygens (including phenoxy) is 2. The van der Waals surface area contributed by atoms with E-state index in [2.05, 4.69) is 10.3 Å². The number of anilines is 2. The maximum Gasteiger partial charge on any atom is 0.266 e. The SMILES string of the molecule is COc1ccc(CN(c2nccs2)S(=O)(=O)c2ccccc2Cc2cc(Cl)c(N[C@@H](C)c3ccc(Cl)cc3)cc2F)c(OC)c1. The van der Waals surface area contributed by atoms with Crippen molar-refractivity contribution in [3.8, 4) is 11.5 Å². The van der Waals surface area contributed by atoms with E-state index < -0.39 is 15.8 Å². The van der Waals surface area contributed by atoms with Gasteiger partial charge in [-0.3, -0.25) is 0 Å². The standard InChI is InChI=1S/C33H30Cl2FN3O4S2/c1-21(22-8-11-26(34)12-9-22)38-30-19-29(36)25(17-28(30)35)16-23-6-4-5-7-32(23)45(40,41)39(33-37-14-15-44-33)20-24-10-13-27(42-2)18-31(24)43-3/h4-15,17-19,21,38H,16,20H2,1-3H3/t21-/m0/s1. The zero-order chi connectivity index (χ0) is 32.1. The largest absolute Gasteiger partial charge is 0.497 e. The van der Waals surface area contributed by atoms with Crippen LogP contribution in [-0.4, -0.2) is 27.6 Å². The third kappa shape index (κ3) is 7.36. The van der Waals surface area contributed by atoms with Gasteiger partial charge in [0.25, 0.3) is 10.0 Å². The van der Waals surface area contributed by atoms with Crippen molar-refractivity contribution in [1.29, 1.82) is 0 Å². The maximum absolute atomic E-state index is 15.6. The van der Waals surface area contributed by atoms with Crippen LogP contribution in [-0.2, 0) is 23.0 Å². The van der Waals surface area contributed by atoms with Gasteiger partial charge in [-0.25, -0.2) is 22.1 Å². The first-order valence-corrected chi connectivity index (χ1v) is 16.9. The van der Waals surface area contributed by atoms with Crippen molar-refractivity contribution in [3.63, 3.8) is 0 Å². The number of nitrogens with zero attached hydrogens (tertiary/aromatic N) is 2. The molecular formula is C33H30Cl2FN3O4S2. The molecule has 12 heteroatoms. The molecule has 1 N–H and O–H groups in total. The topological polar surface area (TPSA) is 80.8 Å². The number of rotatable bonds is 12. The van der Waals surface area contributed by atoms with Crippen LogP contribution in [0, 0.1) is 5.82 Å². The van der Waals surface area contributed by atoms with E-state index in [0.717, 1.165) is 5.56 Å². The lowest BCUT2D eigenvalue weighted by Crippen LogP contribution is -2.31. The average Bonchev–Trinajstić information content (AvgIpc) is 3.57. The van der Waals surface area contributed by atoms with Gasteiger partial charge in [-0.15, -0.1) is 11.3 Å². The van der Waals surface area contributed by atoms with Crippen LogP contribution in [0.1, 0.15) is 35.2 Å². The molecule has 0 saturated carbocycles. The lowest BCUT2D eigenvalue weighted by molar-refractivity contribution is 0.391. The highest BCUT2D eigenvalue weighted by molar-refractivity contribution is 7.93. The second-order valence-corrected chi connectivity index (χ2v) is 13.7. The second-order valence-electron chi connectivity index (χ2n) is 10.1. The van der Waals surface area contributed by atoms with Crippen LogP contribution in [0.5, 0.6) is 11.5 Å². The monoisotopic (exact) mass is 685 g/mol. The summed E-state index contributed by atoms with van der Waals surface area (Å²) in [6.07, 6.45) is 1.53. The van der Waals surface area contributed by atoms with E-state index in [9.17, 15) is 8.42 Å². The van der Waals surface area contributed by atoms with E-state index in [1.165, 1.54) is 41.0 Å². The molecule has 1 aromatic heterocycles. The highest BCUT2D eigenvalue weighted by Gasteiger charge is 2.30. The van der Waals surface area contributed by atoms with Crippen LogP contribution in [0.3, 0.4) is 0 Å². The zero-order valence-electron chi connectivity index (χ0n) is 24.6. The molecule has 0 saturated heterocycles. The van der Waals surface area contributed by atoms with Crippen LogP contribution in [0.4, 0.5) is 15.2 Å². The van der Waals surface area contributed by atoms with E-state index in [0.29, 0.717) is 38.4 Å². The smallest absolute Gasteiger partial charge is 0.266 e. The Balaban J connectivity index is 1.46. The molecule has 5 rings (SSSR count). The summed E-state index contributed by atoms with van der Waals surface area (Å²) in [5, 5.41) is 6.16. The molecule has 4 aromatic carbocycles. The highest BCUT2D eigenvalue weighted by atomic mass is 35.5. The number of halogens is 3. The van der Waals surface area contributed by atoms with Gasteiger partial charge in [0, 0.05) is 40.7 Å². The number of benzene rings is 4. The van der Waals surface area contributed by atoms with Crippen molar-refractivity contribution in [1.82, 2.24) is 4.98 Å². The van der Waals surface area contributed by atoms with Gasteiger partial charge in [0.05, 0.1) is 36.4 Å². The lowest BCUT2D eigenvalue weighted by atomic mass is 10.0. The minimum Gasteiger partial charge on any atom is -0.497 e. The predicted molar refractivity (Wildman–Crippen MR) is 179 cm³/mol. The van der Waals surface area contributed by atoms with Crippen LogP contribution in [0.2, 0.25) is 10.0 Å². The quantitative estimate of drug-likeness (QED) is 0.141. The Labute approximate surface area is 276 Å². The number of nitrogens with one attached hydrogen (secondary N) is 1. The molecule has 0 fully saturated rings. The summed E-state index contributed by atoms with van der Waals surface area (Å²) in [7, 11) is -1.13. The van der Waals surface area contributed by atoms with Gasteiger partial charge >= 0.3 is 0 Å². The van der Waals surface area contributed by atoms with E-state index in [-0.39, 0.29) is 34.6 Å². The fraction of sp³-hybridized carbons (Fsp3) is 0.182. The Hall–Kier alpha value is -3.83. The van der Waals surface area contributed by atoms with Crippen molar-refractivity contribution < 1.29 is 22.3 Å². The van der Waals surface area contributed by atoms with Gasteiger partial charge in [0.1, 0.15) is 17.3 Å². The molecule has 0 spiro atoms. The Kier molecular flexibility index (Phi) is 10.2. The third-order valence-electron chi connectivity index (χ3n) is 7.24. The van der Waals surface area contributed by atoms with Gasteiger partial charge in [-0.2, -0.15) is 0 Å². The van der Waals surface area contributed by atoms with Gasteiger partial charge in [0.15, 0.2) is 5.13 Å². The average molecular weight is 687 g/mol. The summed E-state index contributed by atoms with van der Waals surface area (Å²) in [4.78, 5) is 4.33. The molecule has 0 aliphatic heterocycles. The molecule has 0 amide bonds. The Morgan fingerprint density at radius 1 is 0.956 bits per heavy atom. The number of sulfonamides is 1. The molecule has 7 nitrogen and oxygen atoms in total. The van der Waals surface area contributed by atoms with Crippen molar-refractivity contribution in [3.05, 3.63) is 129 Å². The number of thiazole rings is 1. The molecule has 1 heterocycles. The lowest BCUT2D eigenvalue weighted by Gasteiger charge is -2.24. The highest BCUT2D eigenvalue weighted by Crippen LogP contribution is 2.35. The van der Waals surface area contributed by atoms with E-state index in [1.807, 2.05) is 19.1 Å². The Bertz CT molecular complexity index is 1890. The normalized spacial score (nSPS) is 12.0. The predicted octanol–water partition coefficient (Wildman–Crippen LogP) is 8.77. The van der Waals surface area contributed by atoms with Crippen LogP contribution >= 0.6 is 34.5 Å². The first-order chi connectivity index (χ1) is 21.6. The summed E-state index contributed by atoms with van der Waals surface area (Å²) in [5.41, 5.74) is 2.65. The van der Waals surface area contributed by atoms with Crippen LogP contribution in [0.25, 0.3) is 0 Å². The molecular weight excluding hydrogens is 656 g/mol. The molecule has 0 aliphatic rings. The van der Waals surface area contributed by atoms with E-state index >= 15 is 4.39 Å². The third-order valence-corrected chi connectivity index (χ3v) is 10.6. The van der Waals surface area contributed by atoms with E-state index in [4.69, 9.17) is 32.7 Å². The first-order valence-electron chi connectivity index (χ1n) is 13.8. The molecule has 234 valence electrons. The maximum atomic E-state index is 15.6. The summed E-state index contributed by atoms with van der Waals surface area (Å²) >= 11 is 13.8. The fourth-order valence-corrected chi connectivity index (χ4v) is 7.72. The number of hydrogen-bond acceptors (Lipinski definition) is 7. The molecule has 1 atom stereocenters. The Morgan fingerprint density at radius 2 is 1.71 bits per heavy atom. The fourth-order valence-electron chi connectivity index (χ4n) is 4.86. The summed E-state index contributed by atoms with van der Waals surface area (Å²) in [5.74, 6) is 0.526. The zero-order valence-corrected chi connectivity index (χ0v) is 27.8. The molecule has 0 aliphatic carbocycles. The van der Waals surface area contributed by atoms with Gasteiger partial charge in [-0.1, -0.05) is 53.5 Å². The number of aromatic nitrogens is 1. The summed E-state index contributed by atoms with van der Waals surface area (Å²) in [6, 6.07) is 21.8. The number of hydrogen-bond donors (Lipinski definition) is 1. The second kappa shape index (κ2) is 14.1. The molecule has 45 heavy (non-hydrogen) atoms. The number of methoxy groups -OCH3 is 2.